The van der Waals surface area contributed by atoms with Crippen molar-refractivity contribution in [1.29, 1.82) is 0 Å². The molecule has 0 saturated carbocycles. The Morgan fingerprint density at radius 3 is 2.34 bits per heavy atom. The van der Waals surface area contributed by atoms with Gasteiger partial charge in [-0.1, -0.05) is 43.3 Å². The molecule has 0 spiro atoms. The van der Waals surface area contributed by atoms with Gasteiger partial charge in [0.15, 0.2) is 0 Å². The number of hydrogen-bond donors (Lipinski definition) is 1. The molecule has 1 N–H and O–H groups in total. The lowest BCUT2D eigenvalue weighted by Crippen LogP contribution is -2.49. The van der Waals surface area contributed by atoms with Crippen molar-refractivity contribution >= 4 is 27.5 Å². The average Bonchev–Trinajstić information content (AvgIpc) is 2.84. The van der Waals surface area contributed by atoms with Crippen molar-refractivity contribution in [2.75, 3.05) is 24.2 Å². The normalized spacial score (nSPS) is 12.9. The molecule has 192 valence electrons. The second-order valence-corrected chi connectivity index (χ2v) is 10.5. The maximum Gasteiger partial charge on any atom is 0.242 e. The zero-order chi connectivity index (χ0) is 26.0. The molecule has 0 aromatic heterocycles. The first-order valence-corrected chi connectivity index (χ1v) is 13.7. The van der Waals surface area contributed by atoms with Crippen LogP contribution < -0.4 is 14.4 Å². The van der Waals surface area contributed by atoms with Gasteiger partial charge in [0, 0.05) is 31.6 Å². The minimum Gasteiger partial charge on any atom is -0.497 e. The smallest absolute Gasteiger partial charge is 0.242 e. The summed E-state index contributed by atoms with van der Waals surface area (Å²) in [6, 6.07) is 15.6. The molecule has 0 unspecified atom stereocenters. The number of rotatable bonds is 13. The zero-order valence-electron chi connectivity index (χ0n) is 21.2. The zero-order valence-corrected chi connectivity index (χ0v) is 22.0. The Morgan fingerprint density at radius 2 is 1.74 bits per heavy atom. The standard InChI is InChI=1S/C26H37N3O5S/c1-6-20(2)27-26(31)21(3)28(19-22-12-8-7-9-13-22)25(30)16-11-17-29(35(5,32)33)23-14-10-15-24(18-23)34-4/h7-10,12-15,18,20-21H,6,11,16-17,19H2,1-5H3,(H,27,31)/t20-,21+/m1/s1. The number of methoxy groups -OCH3 is 1. The molecular weight excluding hydrogens is 466 g/mol. The van der Waals surface area contributed by atoms with Crippen LogP contribution in [-0.2, 0) is 26.2 Å². The molecule has 0 aliphatic rings. The number of benzene rings is 2. The van der Waals surface area contributed by atoms with E-state index in [-0.39, 0.29) is 30.8 Å². The van der Waals surface area contributed by atoms with Crippen molar-refractivity contribution in [3.63, 3.8) is 0 Å². The molecule has 0 fully saturated rings. The number of nitrogens with zero attached hydrogens (tertiary/aromatic N) is 2. The van der Waals surface area contributed by atoms with Crippen molar-refractivity contribution < 1.29 is 22.7 Å². The van der Waals surface area contributed by atoms with E-state index in [1.807, 2.05) is 44.2 Å². The fourth-order valence-corrected chi connectivity index (χ4v) is 4.56. The van der Waals surface area contributed by atoms with Gasteiger partial charge in [-0.2, -0.15) is 0 Å². The van der Waals surface area contributed by atoms with Crippen LogP contribution in [0.1, 0.15) is 45.6 Å². The lowest BCUT2D eigenvalue weighted by Gasteiger charge is -2.30. The number of carbonyl (C=O) groups is 2. The van der Waals surface area contributed by atoms with Gasteiger partial charge in [0.1, 0.15) is 11.8 Å². The van der Waals surface area contributed by atoms with E-state index >= 15 is 0 Å². The summed E-state index contributed by atoms with van der Waals surface area (Å²) in [6.07, 6.45) is 2.33. The quantitative estimate of drug-likeness (QED) is 0.451. The van der Waals surface area contributed by atoms with E-state index in [0.717, 1.165) is 18.2 Å². The van der Waals surface area contributed by atoms with Gasteiger partial charge in [-0.25, -0.2) is 8.42 Å². The number of anilines is 1. The van der Waals surface area contributed by atoms with Crippen molar-refractivity contribution in [3.8, 4) is 5.75 Å². The highest BCUT2D eigenvalue weighted by Gasteiger charge is 2.27. The molecule has 2 aromatic carbocycles. The van der Waals surface area contributed by atoms with Crippen LogP contribution in [0.25, 0.3) is 0 Å². The Balaban J connectivity index is 2.15. The molecule has 0 heterocycles. The first kappa shape index (κ1) is 28.2. The number of sulfonamides is 1. The van der Waals surface area contributed by atoms with Crippen molar-refractivity contribution in [3.05, 3.63) is 60.2 Å². The largest absolute Gasteiger partial charge is 0.497 e. The summed E-state index contributed by atoms with van der Waals surface area (Å²) in [4.78, 5) is 27.6. The molecule has 0 radical (unpaired) electrons. The van der Waals surface area contributed by atoms with E-state index < -0.39 is 16.1 Å². The highest BCUT2D eigenvalue weighted by Crippen LogP contribution is 2.24. The highest BCUT2D eigenvalue weighted by molar-refractivity contribution is 7.92. The van der Waals surface area contributed by atoms with Crippen LogP contribution in [0.5, 0.6) is 5.75 Å². The molecule has 8 nitrogen and oxygen atoms in total. The van der Waals surface area contributed by atoms with Gasteiger partial charge in [0.25, 0.3) is 0 Å². The number of amides is 2. The van der Waals surface area contributed by atoms with Crippen LogP contribution in [0.15, 0.2) is 54.6 Å². The van der Waals surface area contributed by atoms with Crippen LogP contribution in [0.4, 0.5) is 5.69 Å². The van der Waals surface area contributed by atoms with Crippen LogP contribution in [-0.4, -0.2) is 57.1 Å². The van der Waals surface area contributed by atoms with E-state index in [9.17, 15) is 18.0 Å². The van der Waals surface area contributed by atoms with Crippen LogP contribution in [0, 0.1) is 0 Å². The van der Waals surface area contributed by atoms with Crippen molar-refractivity contribution in [1.82, 2.24) is 10.2 Å². The second kappa shape index (κ2) is 13.1. The molecule has 35 heavy (non-hydrogen) atoms. The monoisotopic (exact) mass is 503 g/mol. The van der Waals surface area contributed by atoms with Gasteiger partial charge >= 0.3 is 0 Å². The number of nitrogens with one attached hydrogen (secondary N) is 1. The van der Waals surface area contributed by atoms with Gasteiger partial charge in [0.2, 0.25) is 21.8 Å². The van der Waals surface area contributed by atoms with E-state index in [2.05, 4.69) is 5.32 Å². The highest BCUT2D eigenvalue weighted by atomic mass is 32.2. The minimum absolute atomic E-state index is 0.00445. The summed E-state index contributed by atoms with van der Waals surface area (Å²) in [5, 5.41) is 2.94. The number of ether oxygens (including phenoxy) is 1. The second-order valence-electron chi connectivity index (χ2n) is 8.64. The van der Waals surface area contributed by atoms with Crippen molar-refractivity contribution in [2.24, 2.45) is 0 Å². The predicted octanol–water partition coefficient (Wildman–Crippen LogP) is 3.57. The van der Waals surface area contributed by atoms with E-state index in [1.165, 1.54) is 11.4 Å². The molecule has 9 heteroatoms. The Labute approximate surface area is 209 Å². The van der Waals surface area contributed by atoms with Crippen molar-refractivity contribution in [2.45, 2.75) is 58.7 Å². The summed E-state index contributed by atoms with van der Waals surface area (Å²) in [5.74, 6) is 0.125. The Bertz CT molecular complexity index is 1080. The van der Waals surface area contributed by atoms with E-state index in [1.54, 1.807) is 36.1 Å². The molecule has 0 bridgehead atoms. The summed E-state index contributed by atoms with van der Waals surface area (Å²) < 4.78 is 31.4. The molecule has 2 amide bonds. The summed E-state index contributed by atoms with van der Waals surface area (Å²) in [7, 11) is -2.05. The van der Waals surface area contributed by atoms with E-state index in [0.29, 0.717) is 24.4 Å². The third-order valence-electron chi connectivity index (χ3n) is 5.86. The average molecular weight is 504 g/mol. The van der Waals surface area contributed by atoms with Crippen LogP contribution in [0.3, 0.4) is 0 Å². The SMILES string of the molecule is CC[C@@H](C)NC(=O)[C@H](C)N(Cc1ccccc1)C(=O)CCCN(c1cccc(OC)c1)S(C)(=O)=O. The molecule has 0 aliphatic carbocycles. The lowest BCUT2D eigenvalue weighted by atomic mass is 10.1. The fraction of sp³-hybridized carbons (Fsp3) is 0.462. The third kappa shape index (κ3) is 8.58. The first-order chi connectivity index (χ1) is 16.6. The van der Waals surface area contributed by atoms with Gasteiger partial charge in [-0.05, 0) is 44.4 Å². The molecule has 2 aromatic rings. The fourth-order valence-electron chi connectivity index (χ4n) is 3.60. The lowest BCUT2D eigenvalue weighted by molar-refractivity contribution is -0.140. The molecule has 0 saturated heterocycles. The molecule has 2 rings (SSSR count). The number of carbonyl (C=O) groups excluding carboxylic acids is 2. The van der Waals surface area contributed by atoms with Gasteiger partial charge in [0.05, 0.1) is 19.1 Å². The summed E-state index contributed by atoms with van der Waals surface area (Å²) in [6.45, 7) is 6.05. The number of hydrogen-bond acceptors (Lipinski definition) is 5. The van der Waals surface area contributed by atoms with Crippen LogP contribution >= 0.6 is 0 Å². The third-order valence-corrected chi connectivity index (χ3v) is 7.05. The Morgan fingerprint density at radius 1 is 1.06 bits per heavy atom. The summed E-state index contributed by atoms with van der Waals surface area (Å²) in [5.41, 5.74) is 1.39. The Hall–Kier alpha value is -3.07. The Kier molecular flexibility index (Phi) is 10.6. The van der Waals surface area contributed by atoms with E-state index in [4.69, 9.17) is 4.74 Å². The molecule has 0 aliphatic heterocycles. The van der Waals surface area contributed by atoms with Gasteiger partial charge in [-0.3, -0.25) is 13.9 Å². The van der Waals surface area contributed by atoms with Gasteiger partial charge in [-0.15, -0.1) is 0 Å². The topological polar surface area (TPSA) is 96.0 Å². The van der Waals surface area contributed by atoms with Crippen LogP contribution in [0.2, 0.25) is 0 Å². The van der Waals surface area contributed by atoms with Gasteiger partial charge < -0.3 is 15.0 Å². The maximum atomic E-state index is 13.3. The first-order valence-electron chi connectivity index (χ1n) is 11.8. The minimum atomic E-state index is -3.57. The molecular formula is C26H37N3O5S. The maximum absolute atomic E-state index is 13.3. The summed E-state index contributed by atoms with van der Waals surface area (Å²) >= 11 is 0. The predicted molar refractivity (Wildman–Crippen MR) is 139 cm³/mol. The molecule has 2 atom stereocenters.